The third-order valence-electron chi connectivity index (χ3n) is 3.78. The first-order valence-electron chi connectivity index (χ1n) is 8.52. The Morgan fingerprint density at radius 1 is 1.15 bits per heavy atom. The van der Waals surface area contributed by atoms with Gasteiger partial charge in [-0.2, -0.15) is 0 Å². The summed E-state index contributed by atoms with van der Waals surface area (Å²) in [4.78, 5) is 12.2. The van der Waals surface area contributed by atoms with Gasteiger partial charge in [-0.15, -0.1) is 0 Å². The highest BCUT2D eigenvalue weighted by Crippen LogP contribution is 2.27. The van der Waals surface area contributed by atoms with E-state index < -0.39 is 10.0 Å². The molecule has 1 amide bonds. The largest absolute Gasteiger partial charge is 0.482 e. The summed E-state index contributed by atoms with van der Waals surface area (Å²) >= 11 is 6.11. The number of carbonyl (C=O) groups is 1. The van der Waals surface area contributed by atoms with Crippen LogP contribution in [0.3, 0.4) is 0 Å². The number of nitrogens with one attached hydrogen (secondary N) is 2. The minimum absolute atomic E-state index is 0.0492. The topological polar surface area (TPSA) is 84.5 Å². The first-order chi connectivity index (χ1) is 12.7. The number of aryl methyl sites for hydroxylation is 2. The number of carbonyl (C=O) groups excluding carboxylic acids is 1. The van der Waals surface area contributed by atoms with Gasteiger partial charge in [0.1, 0.15) is 5.75 Å². The molecule has 0 spiro atoms. The van der Waals surface area contributed by atoms with Crippen molar-refractivity contribution in [2.75, 3.05) is 18.5 Å². The van der Waals surface area contributed by atoms with Crippen LogP contribution in [0.5, 0.6) is 5.75 Å². The van der Waals surface area contributed by atoms with Gasteiger partial charge < -0.3 is 10.1 Å². The number of sulfonamides is 1. The molecule has 0 atom stereocenters. The number of amides is 1. The molecule has 0 fully saturated rings. The molecule has 27 heavy (non-hydrogen) atoms. The van der Waals surface area contributed by atoms with E-state index in [0.29, 0.717) is 13.0 Å². The van der Waals surface area contributed by atoms with Crippen LogP contribution in [0.15, 0.2) is 41.3 Å². The molecule has 0 saturated carbocycles. The Morgan fingerprint density at radius 2 is 1.89 bits per heavy atom. The fraction of sp³-hybridized carbons (Fsp3) is 0.316. The van der Waals surface area contributed by atoms with Gasteiger partial charge in [-0.25, -0.2) is 13.1 Å². The number of anilines is 1. The molecule has 2 aromatic carbocycles. The highest BCUT2D eigenvalue weighted by molar-refractivity contribution is 7.89. The summed E-state index contributed by atoms with van der Waals surface area (Å²) in [5.41, 5.74) is 2.70. The molecule has 2 N–H and O–H groups in total. The van der Waals surface area contributed by atoms with Crippen LogP contribution in [-0.4, -0.2) is 27.5 Å². The Labute approximate surface area is 164 Å². The molecule has 0 saturated heterocycles. The van der Waals surface area contributed by atoms with E-state index >= 15 is 0 Å². The van der Waals surface area contributed by atoms with Crippen LogP contribution in [0.1, 0.15) is 24.5 Å². The lowest BCUT2D eigenvalue weighted by Gasteiger charge is -2.12. The van der Waals surface area contributed by atoms with Crippen LogP contribution in [0.25, 0.3) is 0 Å². The fourth-order valence-electron chi connectivity index (χ4n) is 2.29. The van der Waals surface area contributed by atoms with Gasteiger partial charge in [-0.1, -0.05) is 30.7 Å². The summed E-state index contributed by atoms with van der Waals surface area (Å²) < 4.78 is 32.1. The summed E-state index contributed by atoms with van der Waals surface area (Å²) in [5.74, 6) is -0.0942. The zero-order valence-corrected chi connectivity index (χ0v) is 17.1. The third kappa shape index (κ3) is 5.95. The lowest BCUT2D eigenvalue weighted by atomic mass is 10.1. The van der Waals surface area contributed by atoms with Crippen molar-refractivity contribution in [1.29, 1.82) is 0 Å². The van der Waals surface area contributed by atoms with Crippen molar-refractivity contribution in [3.05, 3.63) is 52.5 Å². The average molecular weight is 411 g/mol. The molecular weight excluding hydrogens is 388 g/mol. The second-order valence-corrected chi connectivity index (χ2v) is 8.32. The average Bonchev–Trinajstić information content (AvgIpc) is 2.62. The smallest absolute Gasteiger partial charge is 0.262 e. The van der Waals surface area contributed by atoms with E-state index in [9.17, 15) is 13.2 Å². The van der Waals surface area contributed by atoms with Crippen molar-refractivity contribution < 1.29 is 17.9 Å². The standard InChI is InChI=1S/C19H23ClN2O4S/c1-4-9-21-27(24,25)15-7-8-18(16(20)11-15)26-12-19(23)22-17-10-13(2)5-6-14(17)3/h5-8,10-11,21H,4,9,12H2,1-3H3,(H,22,23). The normalized spacial score (nSPS) is 11.3. The molecule has 0 radical (unpaired) electrons. The molecule has 6 nitrogen and oxygen atoms in total. The minimum atomic E-state index is -3.61. The van der Waals surface area contributed by atoms with Crippen LogP contribution in [0, 0.1) is 13.8 Å². The molecule has 0 unspecified atom stereocenters. The van der Waals surface area contributed by atoms with Crippen LogP contribution >= 0.6 is 11.6 Å². The Balaban J connectivity index is 2.01. The van der Waals surface area contributed by atoms with E-state index in [-0.39, 0.29) is 28.2 Å². The Kier molecular flexibility index (Phi) is 7.24. The second-order valence-electron chi connectivity index (χ2n) is 6.15. The quantitative estimate of drug-likeness (QED) is 0.695. The first kappa shape index (κ1) is 21.2. The molecule has 146 valence electrons. The molecular formula is C19H23ClN2O4S. The van der Waals surface area contributed by atoms with Crippen LogP contribution < -0.4 is 14.8 Å². The highest BCUT2D eigenvalue weighted by Gasteiger charge is 2.16. The highest BCUT2D eigenvalue weighted by atomic mass is 35.5. The van der Waals surface area contributed by atoms with Crippen LogP contribution in [-0.2, 0) is 14.8 Å². The van der Waals surface area contributed by atoms with Crippen molar-refractivity contribution in [3.8, 4) is 5.75 Å². The first-order valence-corrected chi connectivity index (χ1v) is 10.4. The van der Waals surface area contributed by atoms with E-state index in [1.54, 1.807) is 0 Å². The van der Waals surface area contributed by atoms with Crippen molar-refractivity contribution >= 4 is 33.2 Å². The number of halogens is 1. The van der Waals surface area contributed by atoms with Gasteiger partial charge in [0.2, 0.25) is 10.0 Å². The maximum Gasteiger partial charge on any atom is 0.262 e. The molecule has 0 aliphatic carbocycles. The summed E-state index contributed by atoms with van der Waals surface area (Å²) in [6.45, 7) is 5.81. The number of benzene rings is 2. The SMILES string of the molecule is CCCNS(=O)(=O)c1ccc(OCC(=O)Nc2cc(C)ccc2C)c(Cl)c1. The molecule has 0 aliphatic rings. The van der Waals surface area contributed by atoms with Crippen molar-refractivity contribution in [3.63, 3.8) is 0 Å². The molecule has 2 rings (SSSR count). The van der Waals surface area contributed by atoms with E-state index in [1.165, 1.54) is 18.2 Å². The van der Waals surface area contributed by atoms with E-state index in [1.807, 2.05) is 39.0 Å². The van der Waals surface area contributed by atoms with Gasteiger partial charge in [0, 0.05) is 12.2 Å². The predicted octanol–water partition coefficient (Wildman–Crippen LogP) is 3.66. The molecule has 2 aromatic rings. The minimum Gasteiger partial charge on any atom is -0.482 e. The molecule has 0 heterocycles. The number of hydrogen-bond donors (Lipinski definition) is 2. The van der Waals surface area contributed by atoms with Gasteiger partial charge in [0.15, 0.2) is 6.61 Å². The summed E-state index contributed by atoms with van der Waals surface area (Å²) in [6, 6.07) is 9.90. The zero-order chi connectivity index (χ0) is 20.0. The lowest BCUT2D eigenvalue weighted by molar-refractivity contribution is -0.118. The van der Waals surface area contributed by atoms with Crippen LogP contribution in [0.2, 0.25) is 5.02 Å². The number of rotatable bonds is 8. The van der Waals surface area contributed by atoms with Gasteiger partial charge in [-0.3, -0.25) is 4.79 Å². The molecule has 0 aromatic heterocycles. The van der Waals surface area contributed by atoms with Crippen LogP contribution in [0.4, 0.5) is 5.69 Å². The number of ether oxygens (including phenoxy) is 1. The molecule has 0 aliphatic heterocycles. The third-order valence-corrected chi connectivity index (χ3v) is 5.54. The maximum absolute atomic E-state index is 12.1. The van der Waals surface area contributed by atoms with Gasteiger partial charge >= 0.3 is 0 Å². The summed E-state index contributed by atoms with van der Waals surface area (Å²) in [7, 11) is -3.61. The van der Waals surface area contributed by atoms with Gasteiger partial charge in [0.05, 0.1) is 9.92 Å². The summed E-state index contributed by atoms with van der Waals surface area (Å²) in [5, 5.41) is 2.91. The van der Waals surface area contributed by atoms with Gasteiger partial charge in [-0.05, 0) is 55.7 Å². The Hall–Kier alpha value is -2.09. The maximum atomic E-state index is 12.1. The Morgan fingerprint density at radius 3 is 2.56 bits per heavy atom. The monoisotopic (exact) mass is 410 g/mol. The number of hydrogen-bond acceptors (Lipinski definition) is 4. The fourth-order valence-corrected chi connectivity index (χ4v) is 3.75. The predicted molar refractivity (Wildman–Crippen MR) is 107 cm³/mol. The second kappa shape index (κ2) is 9.21. The van der Waals surface area contributed by atoms with E-state index in [4.69, 9.17) is 16.3 Å². The lowest BCUT2D eigenvalue weighted by Crippen LogP contribution is -2.24. The Bertz CT molecular complexity index is 929. The molecule has 8 heteroatoms. The van der Waals surface area contributed by atoms with E-state index in [0.717, 1.165) is 16.8 Å². The molecule has 0 bridgehead atoms. The van der Waals surface area contributed by atoms with E-state index in [2.05, 4.69) is 10.0 Å². The van der Waals surface area contributed by atoms with Crippen molar-refractivity contribution in [2.24, 2.45) is 0 Å². The van der Waals surface area contributed by atoms with Crippen molar-refractivity contribution in [1.82, 2.24) is 4.72 Å². The van der Waals surface area contributed by atoms with Crippen molar-refractivity contribution in [2.45, 2.75) is 32.1 Å². The summed E-state index contributed by atoms with van der Waals surface area (Å²) in [6.07, 6.45) is 0.684. The van der Waals surface area contributed by atoms with Gasteiger partial charge in [0.25, 0.3) is 5.91 Å². The zero-order valence-electron chi connectivity index (χ0n) is 15.5.